The molecule has 0 saturated carbocycles. The van der Waals surface area contributed by atoms with Gasteiger partial charge in [0, 0.05) is 12.6 Å². The predicted octanol–water partition coefficient (Wildman–Crippen LogP) is 0.456. The van der Waals surface area contributed by atoms with Crippen LogP contribution in [0.2, 0.25) is 0 Å². The summed E-state index contributed by atoms with van der Waals surface area (Å²) in [6.07, 6.45) is 1.88. The molecule has 0 aromatic carbocycles. The first-order valence-electron chi connectivity index (χ1n) is 4.81. The molecule has 0 spiro atoms. The zero-order valence-electron chi connectivity index (χ0n) is 8.64. The lowest BCUT2D eigenvalue weighted by atomic mass is 10.4. The van der Waals surface area contributed by atoms with Gasteiger partial charge >= 0.3 is 0 Å². The molecule has 2 N–H and O–H groups in total. The monoisotopic (exact) mass is 239 g/mol. The van der Waals surface area contributed by atoms with Crippen molar-refractivity contribution in [1.29, 1.82) is 0 Å². The summed E-state index contributed by atoms with van der Waals surface area (Å²) in [6, 6.07) is 5.19. The van der Waals surface area contributed by atoms with E-state index in [4.69, 9.17) is 0 Å². The van der Waals surface area contributed by atoms with Crippen molar-refractivity contribution >= 4 is 30.3 Å². The van der Waals surface area contributed by atoms with Crippen LogP contribution in [0.25, 0.3) is 0 Å². The number of thiol groups is 1. The maximum atomic E-state index is 11.3. The molecule has 0 aliphatic heterocycles. The van der Waals surface area contributed by atoms with Crippen molar-refractivity contribution in [2.45, 2.75) is 6.42 Å². The number of pyridine rings is 1. The first-order valence-corrected chi connectivity index (χ1v) is 5.44. The average Bonchev–Trinajstić information content (AvgIpc) is 2.28. The van der Waals surface area contributed by atoms with Gasteiger partial charge < -0.3 is 10.6 Å². The summed E-state index contributed by atoms with van der Waals surface area (Å²) in [5.74, 6) is 0.446. The molecule has 0 aliphatic carbocycles. The Morgan fingerprint density at radius 2 is 2.12 bits per heavy atom. The highest BCUT2D eigenvalue weighted by atomic mass is 32.1. The SMILES string of the molecule is O=C(CCS)NCC(=O)Nc1ccccn1. The van der Waals surface area contributed by atoms with Crippen LogP contribution in [0.1, 0.15) is 6.42 Å². The van der Waals surface area contributed by atoms with Crippen molar-refractivity contribution in [2.24, 2.45) is 0 Å². The zero-order chi connectivity index (χ0) is 11.8. The second-order valence-corrected chi connectivity index (χ2v) is 3.46. The van der Waals surface area contributed by atoms with Gasteiger partial charge in [-0.05, 0) is 17.9 Å². The molecule has 1 rings (SSSR count). The second kappa shape index (κ2) is 6.84. The maximum Gasteiger partial charge on any atom is 0.244 e. The molecular weight excluding hydrogens is 226 g/mol. The Bertz CT molecular complexity index is 356. The standard InChI is InChI=1S/C10H13N3O2S/c14-9(4-6-16)12-7-10(15)13-8-3-1-2-5-11-8/h1-3,5,16H,4,6-7H2,(H,12,14)(H,11,13,15). The van der Waals surface area contributed by atoms with E-state index in [0.717, 1.165) is 0 Å². The third-order valence-electron chi connectivity index (χ3n) is 1.72. The number of carbonyl (C=O) groups is 2. The van der Waals surface area contributed by atoms with Crippen LogP contribution in [0, 0.1) is 0 Å². The second-order valence-electron chi connectivity index (χ2n) is 3.01. The molecule has 5 nitrogen and oxygen atoms in total. The van der Waals surface area contributed by atoms with Gasteiger partial charge in [-0.15, -0.1) is 0 Å². The van der Waals surface area contributed by atoms with E-state index in [2.05, 4.69) is 28.2 Å². The predicted molar refractivity (Wildman–Crippen MR) is 64.3 cm³/mol. The van der Waals surface area contributed by atoms with Crippen LogP contribution < -0.4 is 10.6 Å². The number of hydrogen-bond acceptors (Lipinski definition) is 4. The summed E-state index contributed by atoms with van der Waals surface area (Å²) >= 11 is 3.91. The van der Waals surface area contributed by atoms with Crippen molar-refractivity contribution < 1.29 is 9.59 Å². The van der Waals surface area contributed by atoms with Crippen molar-refractivity contribution in [3.05, 3.63) is 24.4 Å². The van der Waals surface area contributed by atoms with Crippen molar-refractivity contribution in [2.75, 3.05) is 17.6 Å². The fourth-order valence-electron chi connectivity index (χ4n) is 0.993. The molecule has 0 atom stereocenters. The molecule has 86 valence electrons. The number of amides is 2. The molecule has 0 radical (unpaired) electrons. The lowest BCUT2D eigenvalue weighted by Crippen LogP contribution is -2.33. The zero-order valence-corrected chi connectivity index (χ0v) is 9.54. The lowest BCUT2D eigenvalue weighted by Gasteiger charge is -2.05. The Kier molecular flexibility index (Phi) is 5.35. The molecule has 1 aromatic rings. The summed E-state index contributed by atoms with van der Waals surface area (Å²) in [4.78, 5) is 26.3. The van der Waals surface area contributed by atoms with Gasteiger partial charge in [-0.25, -0.2) is 4.98 Å². The number of anilines is 1. The number of nitrogens with one attached hydrogen (secondary N) is 2. The van der Waals surface area contributed by atoms with E-state index in [0.29, 0.717) is 18.0 Å². The maximum absolute atomic E-state index is 11.3. The van der Waals surface area contributed by atoms with Crippen molar-refractivity contribution in [1.82, 2.24) is 10.3 Å². The van der Waals surface area contributed by atoms with Crippen LogP contribution >= 0.6 is 12.6 Å². The Labute approximate surface area is 99.1 Å². The summed E-state index contributed by atoms with van der Waals surface area (Å²) in [5.41, 5.74) is 0. The highest BCUT2D eigenvalue weighted by molar-refractivity contribution is 7.80. The number of hydrogen-bond donors (Lipinski definition) is 3. The molecule has 1 aromatic heterocycles. The van der Waals surface area contributed by atoms with Crippen molar-refractivity contribution in [3.8, 4) is 0 Å². The third kappa shape index (κ3) is 4.79. The van der Waals surface area contributed by atoms with Gasteiger partial charge in [-0.2, -0.15) is 12.6 Å². The number of nitrogens with zero attached hydrogens (tertiary/aromatic N) is 1. The quantitative estimate of drug-likeness (QED) is 0.654. The highest BCUT2D eigenvalue weighted by Gasteiger charge is 2.05. The van der Waals surface area contributed by atoms with E-state index in [-0.39, 0.29) is 18.4 Å². The van der Waals surface area contributed by atoms with E-state index < -0.39 is 0 Å². The minimum atomic E-state index is -0.300. The first-order chi connectivity index (χ1) is 7.72. The van der Waals surface area contributed by atoms with Crippen LogP contribution in [0.15, 0.2) is 24.4 Å². The molecule has 0 fully saturated rings. The molecule has 16 heavy (non-hydrogen) atoms. The van der Waals surface area contributed by atoms with Gasteiger partial charge in [0.15, 0.2) is 0 Å². The van der Waals surface area contributed by atoms with Crippen LogP contribution in [-0.4, -0.2) is 29.1 Å². The Morgan fingerprint density at radius 3 is 2.75 bits per heavy atom. The van der Waals surface area contributed by atoms with Crippen LogP contribution in [0.4, 0.5) is 5.82 Å². The van der Waals surface area contributed by atoms with E-state index in [9.17, 15) is 9.59 Å². The molecule has 6 heteroatoms. The minimum absolute atomic E-state index is 0.0524. The van der Waals surface area contributed by atoms with Crippen LogP contribution in [0.3, 0.4) is 0 Å². The highest BCUT2D eigenvalue weighted by Crippen LogP contribution is 1.98. The Morgan fingerprint density at radius 1 is 1.31 bits per heavy atom. The van der Waals surface area contributed by atoms with Gasteiger partial charge in [0.2, 0.25) is 11.8 Å². The molecule has 0 bridgehead atoms. The molecule has 0 aliphatic rings. The van der Waals surface area contributed by atoms with E-state index in [1.807, 2.05) is 0 Å². The number of aromatic nitrogens is 1. The summed E-state index contributed by atoms with van der Waals surface area (Å²) in [6.45, 7) is -0.0524. The molecule has 2 amide bonds. The summed E-state index contributed by atoms with van der Waals surface area (Å²) in [7, 11) is 0. The van der Waals surface area contributed by atoms with Gasteiger partial charge in [0.05, 0.1) is 6.54 Å². The summed E-state index contributed by atoms with van der Waals surface area (Å²) < 4.78 is 0. The van der Waals surface area contributed by atoms with Gasteiger partial charge in [-0.1, -0.05) is 6.07 Å². The smallest absolute Gasteiger partial charge is 0.244 e. The van der Waals surface area contributed by atoms with Crippen molar-refractivity contribution in [3.63, 3.8) is 0 Å². The topological polar surface area (TPSA) is 71.1 Å². The Hall–Kier alpha value is -1.56. The largest absolute Gasteiger partial charge is 0.347 e. The third-order valence-corrected chi connectivity index (χ3v) is 1.94. The van der Waals surface area contributed by atoms with Gasteiger partial charge in [0.1, 0.15) is 5.82 Å². The number of rotatable bonds is 5. The van der Waals surface area contributed by atoms with E-state index in [1.54, 1.807) is 24.4 Å². The van der Waals surface area contributed by atoms with Gasteiger partial charge in [-0.3, -0.25) is 9.59 Å². The Balaban J connectivity index is 2.29. The molecule has 0 saturated heterocycles. The summed E-state index contributed by atoms with van der Waals surface area (Å²) in [5, 5.41) is 5.03. The average molecular weight is 239 g/mol. The van der Waals surface area contributed by atoms with Crippen LogP contribution in [-0.2, 0) is 9.59 Å². The first kappa shape index (κ1) is 12.5. The van der Waals surface area contributed by atoms with E-state index in [1.165, 1.54) is 0 Å². The minimum Gasteiger partial charge on any atom is -0.347 e. The number of carbonyl (C=O) groups excluding carboxylic acids is 2. The van der Waals surface area contributed by atoms with Crippen LogP contribution in [0.5, 0.6) is 0 Å². The normalized spacial score (nSPS) is 9.56. The van der Waals surface area contributed by atoms with Gasteiger partial charge in [0.25, 0.3) is 0 Å². The lowest BCUT2D eigenvalue weighted by molar-refractivity contribution is -0.123. The fourth-order valence-corrected chi connectivity index (χ4v) is 1.20. The molecule has 0 unspecified atom stereocenters. The van der Waals surface area contributed by atoms with E-state index >= 15 is 0 Å². The fraction of sp³-hybridized carbons (Fsp3) is 0.300. The molecule has 1 heterocycles. The molecular formula is C10H13N3O2S.